The highest BCUT2D eigenvalue weighted by Crippen LogP contribution is 2.36. The van der Waals surface area contributed by atoms with Crippen LogP contribution in [0.3, 0.4) is 0 Å². The van der Waals surface area contributed by atoms with Crippen LogP contribution in [0.2, 0.25) is 0 Å². The van der Waals surface area contributed by atoms with Gasteiger partial charge in [0.15, 0.2) is 0 Å². The number of esters is 1. The van der Waals surface area contributed by atoms with Crippen molar-refractivity contribution in [3.05, 3.63) is 52.5 Å². The number of hydrogen-bond acceptors (Lipinski definition) is 6. The number of carbonyl (C=O) groups is 2. The molecule has 1 amide bonds. The van der Waals surface area contributed by atoms with Crippen molar-refractivity contribution in [2.75, 3.05) is 19.7 Å². The summed E-state index contributed by atoms with van der Waals surface area (Å²) in [5.41, 5.74) is 0.990. The number of rotatable bonds is 6. The first-order valence-electron chi connectivity index (χ1n) is 9.53. The molecule has 0 N–H and O–H groups in total. The maximum absolute atomic E-state index is 12.9. The van der Waals surface area contributed by atoms with Gasteiger partial charge in [0.05, 0.1) is 17.7 Å². The molecule has 6 nitrogen and oxygen atoms in total. The Labute approximate surface area is 169 Å². The van der Waals surface area contributed by atoms with Gasteiger partial charge in [0.1, 0.15) is 4.88 Å². The van der Waals surface area contributed by atoms with Crippen molar-refractivity contribution >= 4 is 29.5 Å². The van der Waals surface area contributed by atoms with E-state index in [0.29, 0.717) is 43.1 Å². The second-order valence-corrected chi connectivity index (χ2v) is 7.79. The molecule has 1 aromatic heterocycles. The molecular formula is C21H25N3O3S. The van der Waals surface area contributed by atoms with E-state index in [1.807, 2.05) is 49.4 Å². The minimum absolute atomic E-state index is 0.104. The number of amides is 1. The molecule has 0 bridgehead atoms. The summed E-state index contributed by atoms with van der Waals surface area (Å²) in [7, 11) is 0. The Kier molecular flexibility index (Phi) is 6.57. The van der Waals surface area contributed by atoms with Crippen LogP contribution in [0.4, 0.5) is 0 Å². The lowest BCUT2D eigenvalue weighted by atomic mass is 9.76. The first-order valence-corrected chi connectivity index (χ1v) is 10.3. The van der Waals surface area contributed by atoms with E-state index < -0.39 is 5.41 Å². The molecule has 1 unspecified atom stereocenters. The molecule has 148 valence electrons. The van der Waals surface area contributed by atoms with E-state index in [4.69, 9.17) is 4.74 Å². The van der Waals surface area contributed by atoms with Crippen molar-refractivity contribution in [2.24, 2.45) is 5.41 Å². The third-order valence-electron chi connectivity index (χ3n) is 5.04. The fourth-order valence-corrected chi connectivity index (χ4v) is 4.19. The van der Waals surface area contributed by atoms with Gasteiger partial charge in [-0.05, 0) is 50.2 Å². The second-order valence-electron chi connectivity index (χ2n) is 7.04. The van der Waals surface area contributed by atoms with Crippen molar-refractivity contribution in [1.82, 2.24) is 14.5 Å². The Morgan fingerprint density at radius 3 is 2.79 bits per heavy atom. The molecule has 1 saturated heterocycles. The van der Waals surface area contributed by atoms with Crippen molar-refractivity contribution in [2.45, 2.75) is 33.1 Å². The predicted molar refractivity (Wildman–Crippen MR) is 109 cm³/mol. The minimum atomic E-state index is -0.721. The van der Waals surface area contributed by atoms with Gasteiger partial charge in [-0.1, -0.05) is 47.0 Å². The van der Waals surface area contributed by atoms with Crippen molar-refractivity contribution in [3.8, 4) is 0 Å². The summed E-state index contributed by atoms with van der Waals surface area (Å²) >= 11 is 1.10. The average Bonchev–Trinajstić information content (AvgIpc) is 3.14. The standard InChI is InChI=1S/C21H25N3O3S/c1-3-27-20(26)21(12-7-11-17-9-5-4-6-10-17)13-8-14-24(15-21)19(25)18-16(2)22-23-28-18/h4-7,9-11H,3,8,12-15H2,1-2H3. The van der Waals surface area contributed by atoms with Crippen LogP contribution in [0, 0.1) is 12.3 Å². The van der Waals surface area contributed by atoms with Crippen LogP contribution in [0.25, 0.3) is 6.08 Å². The van der Waals surface area contributed by atoms with Crippen molar-refractivity contribution < 1.29 is 14.3 Å². The number of carbonyl (C=O) groups excluding carboxylic acids is 2. The van der Waals surface area contributed by atoms with E-state index in [2.05, 4.69) is 9.59 Å². The molecule has 3 rings (SSSR count). The Morgan fingerprint density at radius 2 is 2.11 bits per heavy atom. The number of aromatic nitrogens is 2. The van der Waals surface area contributed by atoms with Gasteiger partial charge < -0.3 is 9.64 Å². The molecule has 28 heavy (non-hydrogen) atoms. The number of piperidine rings is 1. The Hall–Kier alpha value is -2.54. The molecule has 0 radical (unpaired) electrons. The summed E-state index contributed by atoms with van der Waals surface area (Å²) in [6.07, 6.45) is 6.02. The smallest absolute Gasteiger partial charge is 0.314 e. The van der Waals surface area contributed by atoms with E-state index in [1.165, 1.54) is 0 Å². The van der Waals surface area contributed by atoms with Crippen LogP contribution in [-0.2, 0) is 9.53 Å². The summed E-state index contributed by atoms with van der Waals surface area (Å²) < 4.78 is 9.26. The SMILES string of the molecule is CCOC(=O)C1(CC=Cc2ccccc2)CCCN(C(=O)c2snnc2C)C1. The van der Waals surface area contributed by atoms with Crippen LogP contribution in [0.1, 0.15) is 47.1 Å². The molecule has 1 atom stereocenters. The van der Waals surface area contributed by atoms with Crippen molar-refractivity contribution in [3.63, 3.8) is 0 Å². The molecular weight excluding hydrogens is 374 g/mol. The van der Waals surface area contributed by atoms with Gasteiger partial charge in [-0.3, -0.25) is 9.59 Å². The fraction of sp³-hybridized carbons (Fsp3) is 0.429. The van der Waals surface area contributed by atoms with E-state index in [-0.39, 0.29) is 11.9 Å². The number of hydrogen-bond donors (Lipinski definition) is 0. The lowest BCUT2D eigenvalue weighted by Crippen LogP contribution is -2.50. The minimum Gasteiger partial charge on any atom is -0.466 e. The van der Waals surface area contributed by atoms with Crippen LogP contribution in [0.5, 0.6) is 0 Å². The topological polar surface area (TPSA) is 72.4 Å². The van der Waals surface area contributed by atoms with Gasteiger partial charge in [-0.15, -0.1) is 5.10 Å². The highest BCUT2D eigenvalue weighted by Gasteiger charge is 2.44. The Morgan fingerprint density at radius 1 is 1.32 bits per heavy atom. The zero-order valence-electron chi connectivity index (χ0n) is 16.3. The Balaban J connectivity index is 1.80. The first-order chi connectivity index (χ1) is 13.6. The van der Waals surface area contributed by atoms with Gasteiger partial charge >= 0.3 is 5.97 Å². The number of ether oxygens (including phenoxy) is 1. The van der Waals surface area contributed by atoms with Crippen LogP contribution in [0.15, 0.2) is 36.4 Å². The van der Waals surface area contributed by atoms with Crippen LogP contribution in [-0.4, -0.2) is 46.1 Å². The monoisotopic (exact) mass is 399 g/mol. The third kappa shape index (κ3) is 4.47. The molecule has 2 heterocycles. The van der Waals surface area contributed by atoms with Gasteiger partial charge in [-0.25, -0.2) is 0 Å². The highest BCUT2D eigenvalue weighted by atomic mass is 32.1. The quantitative estimate of drug-likeness (QED) is 0.692. The maximum Gasteiger partial charge on any atom is 0.314 e. The van der Waals surface area contributed by atoms with E-state index in [0.717, 1.165) is 23.5 Å². The van der Waals surface area contributed by atoms with Gasteiger partial charge in [0, 0.05) is 13.1 Å². The summed E-state index contributed by atoms with van der Waals surface area (Å²) in [5, 5.41) is 3.93. The molecule has 7 heteroatoms. The zero-order chi connectivity index (χ0) is 20.0. The largest absolute Gasteiger partial charge is 0.466 e. The average molecular weight is 400 g/mol. The molecule has 2 aromatic rings. The zero-order valence-corrected chi connectivity index (χ0v) is 17.1. The molecule has 0 saturated carbocycles. The van der Waals surface area contributed by atoms with Crippen LogP contribution >= 0.6 is 11.5 Å². The third-order valence-corrected chi connectivity index (χ3v) is 5.85. The molecule has 1 aliphatic rings. The van der Waals surface area contributed by atoms with Gasteiger partial charge in [-0.2, -0.15) is 0 Å². The van der Waals surface area contributed by atoms with Crippen molar-refractivity contribution in [1.29, 1.82) is 0 Å². The van der Waals surface area contributed by atoms with Crippen LogP contribution < -0.4 is 0 Å². The normalized spacial score (nSPS) is 19.7. The number of allylic oxidation sites excluding steroid dienone is 1. The molecule has 1 aromatic carbocycles. The molecule has 1 aliphatic heterocycles. The molecule has 0 aliphatic carbocycles. The summed E-state index contributed by atoms with van der Waals surface area (Å²) in [6.45, 7) is 4.89. The number of aryl methyl sites for hydroxylation is 1. The summed E-state index contributed by atoms with van der Waals surface area (Å²) in [6, 6.07) is 9.96. The summed E-state index contributed by atoms with van der Waals surface area (Å²) in [4.78, 5) is 28.1. The second kappa shape index (κ2) is 9.10. The van der Waals surface area contributed by atoms with Gasteiger partial charge in [0.2, 0.25) is 0 Å². The molecule has 1 fully saturated rings. The fourth-order valence-electron chi connectivity index (χ4n) is 3.56. The number of likely N-dealkylation sites (tertiary alicyclic amines) is 1. The highest BCUT2D eigenvalue weighted by molar-refractivity contribution is 7.07. The van der Waals surface area contributed by atoms with Gasteiger partial charge in [0.25, 0.3) is 5.91 Å². The maximum atomic E-state index is 12.9. The lowest BCUT2D eigenvalue weighted by Gasteiger charge is -2.40. The Bertz CT molecular complexity index is 850. The first kappa shape index (κ1) is 20.2. The predicted octanol–water partition coefficient (Wildman–Crippen LogP) is 3.74. The number of nitrogens with zero attached hydrogens (tertiary/aromatic N) is 3. The summed E-state index contributed by atoms with van der Waals surface area (Å²) in [5.74, 6) is -0.336. The number of benzene rings is 1. The lowest BCUT2D eigenvalue weighted by molar-refractivity contribution is -0.158. The van der Waals surface area contributed by atoms with E-state index in [9.17, 15) is 9.59 Å². The molecule has 0 spiro atoms. The van der Waals surface area contributed by atoms with E-state index >= 15 is 0 Å². The van der Waals surface area contributed by atoms with E-state index in [1.54, 1.807) is 11.8 Å².